The van der Waals surface area contributed by atoms with Crippen molar-refractivity contribution in [2.75, 3.05) is 31.1 Å². The Hall–Kier alpha value is -2.46. The number of rotatable bonds is 3. The quantitative estimate of drug-likeness (QED) is 0.745. The van der Waals surface area contributed by atoms with Crippen LogP contribution in [-0.4, -0.2) is 41.0 Å². The second kappa shape index (κ2) is 6.34. The van der Waals surface area contributed by atoms with Gasteiger partial charge in [0.2, 0.25) is 0 Å². The summed E-state index contributed by atoms with van der Waals surface area (Å²) < 4.78 is 0. The second-order valence-electron chi connectivity index (χ2n) is 5.97. The van der Waals surface area contributed by atoms with Crippen molar-refractivity contribution in [3.8, 4) is 0 Å². The van der Waals surface area contributed by atoms with Gasteiger partial charge in [-0.15, -0.1) is 0 Å². The number of fused-ring (bicyclic) bond motifs is 1. The molecule has 2 aromatic carbocycles. The first-order valence-electron chi connectivity index (χ1n) is 8.10. The molecule has 1 fully saturated rings. The summed E-state index contributed by atoms with van der Waals surface area (Å²) in [5, 5.41) is 2.69. The van der Waals surface area contributed by atoms with Gasteiger partial charge in [-0.2, -0.15) is 0 Å². The molecule has 0 aliphatic carbocycles. The summed E-state index contributed by atoms with van der Waals surface area (Å²) >= 11 is 0. The average Bonchev–Trinajstić information content (AvgIpc) is 2.63. The van der Waals surface area contributed by atoms with E-state index in [1.165, 1.54) is 16.3 Å². The number of piperazine rings is 1. The molecule has 0 spiro atoms. The van der Waals surface area contributed by atoms with Crippen molar-refractivity contribution < 1.29 is 0 Å². The molecule has 4 rings (SSSR count). The first-order valence-corrected chi connectivity index (χ1v) is 8.10. The highest BCUT2D eigenvalue weighted by Crippen LogP contribution is 2.21. The minimum Gasteiger partial charge on any atom is -0.354 e. The molecule has 0 atom stereocenters. The van der Waals surface area contributed by atoms with Crippen molar-refractivity contribution in [3.63, 3.8) is 0 Å². The van der Waals surface area contributed by atoms with E-state index in [1.54, 1.807) is 6.33 Å². The number of anilines is 1. The van der Waals surface area contributed by atoms with Gasteiger partial charge in [-0.1, -0.05) is 42.5 Å². The van der Waals surface area contributed by atoms with E-state index < -0.39 is 0 Å². The van der Waals surface area contributed by atoms with Crippen LogP contribution in [0.5, 0.6) is 0 Å². The van der Waals surface area contributed by atoms with Gasteiger partial charge < -0.3 is 4.90 Å². The molecule has 2 heterocycles. The van der Waals surface area contributed by atoms with Crippen molar-refractivity contribution in [2.24, 2.45) is 0 Å². The van der Waals surface area contributed by atoms with Gasteiger partial charge in [0.1, 0.15) is 12.1 Å². The molecule has 1 saturated heterocycles. The fourth-order valence-electron chi connectivity index (χ4n) is 3.28. The Bertz CT molecular complexity index is 774. The van der Waals surface area contributed by atoms with Crippen molar-refractivity contribution in [1.82, 2.24) is 14.9 Å². The lowest BCUT2D eigenvalue weighted by molar-refractivity contribution is 0.250. The van der Waals surface area contributed by atoms with Crippen LogP contribution in [0, 0.1) is 0 Å². The van der Waals surface area contributed by atoms with Gasteiger partial charge >= 0.3 is 0 Å². The lowest BCUT2D eigenvalue weighted by Crippen LogP contribution is -2.46. The summed E-state index contributed by atoms with van der Waals surface area (Å²) in [5.74, 6) is 1.03. The maximum atomic E-state index is 4.35. The van der Waals surface area contributed by atoms with Crippen LogP contribution in [0.4, 0.5) is 5.82 Å². The Labute approximate surface area is 136 Å². The molecule has 0 bridgehead atoms. The third-order valence-corrected chi connectivity index (χ3v) is 4.54. The van der Waals surface area contributed by atoms with Crippen LogP contribution < -0.4 is 4.90 Å². The summed E-state index contributed by atoms with van der Waals surface area (Å²) in [6, 6.07) is 17.2. The van der Waals surface area contributed by atoms with E-state index in [2.05, 4.69) is 62.2 Å². The maximum Gasteiger partial charge on any atom is 0.131 e. The molecule has 0 saturated carbocycles. The number of aromatic nitrogens is 2. The molecule has 1 aliphatic heterocycles. The molecular formula is C19H20N4. The number of benzene rings is 2. The Morgan fingerprint density at radius 3 is 2.52 bits per heavy atom. The van der Waals surface area contributed by atoms with Gasteiger partial charge in [0.05, 0.1) is 0 Å². The van der Waals surface area contributed by atoms with E-state index in [9.17, 15) is 0 Å². The van der Waals surface area contributed by atoms with Crippen LogP contribution in [-0.2, 0) is 6.54 Å². The molecule has 116 valence electrons. The van der Waals surface area contributed by atoms with Gasteiger partial charge in [-0.05, 0) is 22.4 Å². The van der Waals surface area contributed by atoms with Crippen LogP contribution in [0.15, 0.2) is 61.1 Å². The standard InChI is InChI=1S/C19H20N4/c1-2-7-18-16(4-1)5-3-6-17(18)14-22-10-12-23(13-11-22)19-8-9-20-15-21-19/h1-9,15H,10-14H2. The van der Waals surface area contributed by atoms with Crippen molar-refractivity contribution in [3.05, 3.63) is 66.6 Å². The molecule has 1 aromatic heterocycles. The molecule has 4 heteroatoms. The Morgan fingerprint density at radius 2 is 1.70 bits per heavy atom. The molecule has 0 radical (unpaired) electrons. The van der Waals surface area contributed by atoms with Crippen LogP contribution in [0.2, 0.25) is 0 Å². The smallest absolute Gasteiger partial charge is 0.131 e. The lowest BCUT2D eigenvalue weighted by atomic mass is 10.0. The maximum absolute atomic E-state index is 4.35. The minimum absolute atomic E-state index is 1.01. The number of hydrogen-bond donors (Lipinski definition) is 0. The normalized spacial score (nSPS) is 15.9. The van der Waals surface area contributed by atoms with Crippen LogP contribution >= 0.6 is 0 Å². The molecule has 0 unspecified atom stereocenters. The third-order valence-electron chi connectivity index (χ3n) is 4.54. The number of hydrogen-bond acceptors (Lipinski definition) is 4. The van der Waals surface area contributed by atoms with E-state index in [0.29, 0.717) is 0 Å². The molecular weight excluding hydrogens is 284 g/mol. The predicted molar refractivity (Wildman–Crippen MR) is 93.5 cm³/mol. The van der Waals surface area contributed by atoms with E-state index in [1.807, 2.05) is 12.3 Å². The van der Waals surface area contributed by atoms with E-state index in [0.717, 1.165) is 38.5 Å². The Morgan fingerprint density at radius 1 is 0.870 bits per heavy atom. The monoisotopic (exact) mass is 304 g/mol. The lowest BCUT2D eigenvalue weighted by Gasteiger charge is -2.35. The first-order chi connectivity index (χ1) is 11.4. The van der Waals surface area contributed by atoms with Crippen molar-refractivity contribution in [2.45, 2.75) is 6.54 Å². The topological polar surface area (TPSA) is 32.3 Å². The summed E-state index contributed by atoms with van der Waals surface area (Å²) in [6.07, 6.45) is 3.43. The molecule has 0 N–H and O–H groups in total. The summed E-state index contributed by atoms with van der Waals surface area (Å²) in [4.78, 5) is 13.2. The van der Waals surface area contributed by atoms with Gasteiger partial charge in [-0.25, -0.2) is 9.97 Å². The van der Waals surface area contributed by atoms with Crippen LogP contribution in [0.1, 0.15) is 5.56 Å². The largest absolute Gasteiger partial charge is 0.354 e. The Balaban J connectivity index is 1.45. The average molecular weight is 304 g/mol. The molecule has 0 amide bonds. The molecule has 1 aliphatic rings. The van der Waals surface area contributed by atoms with Gasteiger partial charge in [0.25, 0.3) is 0 Å². The van der Waals surface area contributed by atoms with E-state index in [4.69, 9.17) is 0 Å². The zero-order valence-corrected chi connectivity index (χ0v) is 13.1. The van der Waals surface area contributed by atoms with Crippen molar-refractivity contribution in [1.29, 1.82) is 0 Å². The molecule has 4 nitrogen and oxygen atoms in total. The van der Waals surface area contributed by atoms with Crippen molar-refractivity contribution >= 4 is 16.6 Å². The number of nitrogens with zero attached hydrogens (tertiary/aromatic N) is 4. The summed E-state index contributed by atoms with van der Waals surface area (Å²) in [6.45, 7) is 5.17. The Kier molecular flexibility index (Phi) is 3.90. The van der Waals surface area contributed by atoms with Gasteiger partial charge in [0.15, 0.2) is 0 Å². The predicted octanol–water partition coefficient (Wildman–Crippen LogP) is 2.95. The molecule has 23 heavy (non-hydrogen) atoms. The highest BCUT2D eigenvalue weighted by atomic mass is 15.3. The first kappa shape index (κ1) is 14.2. The summed E-state index contributed by atoms with van der Waals surface area (Å²) in [5.41, 5.74) is 1.42. The third kappa shape index (κ3) is 3.03. The fourth-order valence-corrected chi connectivity index (χ4v) is 3.28. The van der Waals surface area contributed by atoms with E-state index in [-0.39, 0.29) is 0 Å². The van der Waals surface area contributed by atoms with Crippen LogP contribution in [0.3, 0.4) is 0 Å². The fraction of sp³-hybridized carbons (Fsp3) is 0.263. The van der Waals surface area contributed by atoms with E-state index >= 15 is 0 Å². The minimum atomic E-state index is 1.01. The highest BCUT2D eigenvalue weighted by molar-refractivity contribution is 5.85. The second-order valence-corrected chi connectivity index (χ2v) is 5.97. The highest BCUT2D eigenvalue weighted by Gasteiger charge is 2.18. The van der Waals surface area contributed by atoms with Gasteiger partial charge in [0, 0.05) is 38.9 Å². The zero-order valence-electron chi connectivity index (χ0n) is 13.1. The zero-order chi connectivity index (χ0) is 15.5. The SMILES string of the molecule is c1ccc2c(CN3CCN(c4ccncn4)CC3)cccc2c1. The van der Waals surface area contributed by atoms with Gasteiger partial charge in [-0.3, -0.25) is 4.90 Å². The van der Waals surface area contributed by atoms with Crippen LogP contribution in [0.25, 0.3) is 10.8 Å². The molecule has 3 aromatic rings. The summed E-state index contributed by atoms with van der Waals surface area (Å²) in [7, 11) is 0.